The number of fused-ring (bicyclic) bond motifs is 5. The molecule has 2 amide bonds. The average Bonchev–Trinajstić information content (AvgIpc) is 3.99. The van der Waals surface area contributed by atoms with E-state index >= 15 is 0 Å². The maximum Gasteiger partial charge on any atom is 0.407 e. The molecule has 408 valence electrons. The summed E-state index contributed by atoms with van der Waals surface area (Å²) in [5.41, 5.74) is 3.53. The van der Waals surface area contributed by atoms with Gasteiger partial charge < -0.3 is 39.0 Å². The predicted octanol–water partition coefficient (Wildman–Crippen LogP) is 12.6. The number of aliphatic carboxylic acids is 1. The maximum absolute atomic E-state index is 13.9. The summed E-state index contributed by atoms with van der Waals surface area (Å²) < 4.78 is 30.2. The van der Waals surface area contributed by atoms with Gasteiger partial charge in [0.05, 0.1) is 40.2 Å². The molecule has 4 fully saturated rings. The number of carboxylic acid groups (broad SMARTS) is 1. The Bertz CT molecular complexity index is 2370. The topological polar surface area (TPSA) is 150 Å². The van der Waals surface area contributed by atoms with Crippen molar-refractivity contribution in [2.45, 2.75) is 155 Å². The molecule has 3 aromatic rings. The lowest BCUT2D eigenvalue weighted by molar-refractivity contribution is -0.154. The smallest absolute Gasteiger partial charge is 0.407 e. The molecular weight excluding hydrogens is 945 g/mol. The first kappa shape index (κ1) is 55.9. The molecule has 12 heteroatoms. The molecule has 3 aromatic carbocycles. The second-order valence-corrected chi connectivity index (χ2v) is 23.7. The number of allylic oxidation sites excluding steroid dienone is 1. The van der Waals surface area contributed by atoms with Crippen LogP contribution >= 0.6 is 0 Å². The molecule has 7 unspecified atom stereocenters. The van der Waals surface area contributed by atoms with Gasteiger partial charge in [-0.15, -0.1) is 0 Å². The number of nitrogens with one attached hydrogen (secondary N) is 1. The SMILES string of the molecule is COc1ccc(C(OCC2CN(C(=O)CCCCNC(=O)OC3CC[C@@]4(C)C(=CCC5C4CC[C@@]4(C)C5CC[C@@H]4C(C)CCCC(C)C)C3)CC2OC(=O)CCC(=O)O)(c2ccccc2)c2ccc(OC)cc2)cc1. The number of likely N-dealkylation sites (tertiary alicyclic amines) is 1. The fourth-order valence-electron chi connectivity index (χ4n) is 14.8. The number of alkyl carbamates (subject to hydrolysis) is 1. The van der Waals surface area contributed by atoms with Crippen LogP contribution < -0.4 is 14.8 Å². The number of benzene rings is 3. The van der Waals surface area contributed by atoms with Crippen LogP contribution in [-0.2, 0) is 34.2 Å². The third-order valence-corrected chi connectivity index (χ3v) is 18.9. The van der Waals surface area contributed by atoms with Crippen LogP contribution in [0.3, 0.4) is 0 Å². The monoisotopic (exact) mass is 1030 g/mol. The number of rotatable bonds is 23. The molecule has 4 aliphatic carbocycles. The molecule has 12 nitrogen and oxygen atoms in total. The summed E-state index contributed by atoms with van der Waals surface area (Å²) in [5, 5.41) is 12.3. The van der Waals surface area contributed by atoms with E-state index in [4.69, 9.17) is 23.7 Å². The first-order valence-corrected chi connectivity index (χ1v) is 28.4. The van der Waals surface area contributed by atoms with Crippen molar-refractivity contribution in [1.29, 1.82) is 0 Å². The van der Waals surface area contributed by atoms with Crippen molar-refractivity contribution < 1.29 is 48.0 Å². The van der Waals surface area contributed by atoms with E-state index in [1.165, 1.54) is 50.5 Å². The molecule has 1 saturated heterocycles. The summed E-state index contributed by atoms with van der Waals surface area (Å²) in [6, 6.07) is 25.3. The minimum Gasteiger partial charge on any atom is -0.497 e. The average molecular weight is 1030 g/mol. The molecular formula is C63H86N2O10. The Balaban J connectivity index is 0.846. The fourth-order valence-corrected chi connectivity index (χ4v) is 14.8. The summed E-state index contributed by atoms with van der Waals surface area (Å²) in [7, 11) is 3.24. The van der Waals surface area contributed by atoms with Gasteiger partial charge in [-0.3, -0.25) is 14.4 Å². The van der Waals surface area contributed by atoms with Crippen molar-refractivity contribution in [2.75, 3.05) is 40.5 Å². The van der Waals surface area contributed by atoms with E-state index in [9.17, 15) is 24.3 Å². The van der Waals surface area contributed by atoms with Crippen LogP contribution in [0.25, 0.3) is 0 Å². The van der Waals surface area contributed by atoms with Crippen LogP contribution in [0, 0.1) is 52.3 Å². The summed E-state index contributed by atoms with van der Waals surface area (Å²) in [5.74, 6) is 3.82. The van der Waals surface area contributed by atoms with Crippen molar-refractivity contribution in [3.05, 3.63) is 107 Å². The second-order valence-electron chi connectivity index (χ2n) is 23.7. The van der Waals surface area contributed by atoms with Crippen LogP contribution in [0.4, 0.5) is 4.79 Å². The van der Waals surface area contributed by atoms with Crippen LogP contribution in [0.5, 0.6) is 11.5 Å². The van der Waals surface area contributed by atoms with E-state index in [-0.39, 0.29) is 56.4 Å². The third-order valence-electron chi connectivity index (χ3n) is 18.9. The Morgan fingerprint density at radius 1 is 0.747 bits per heavy atom. The second kappa shape index (κ2) is 24.8. The molecule has 2 N–H and O–H groups in total. The van der Waals surface area contributed by atoms with Crippen molar-refractivity contribution in [1.82, 2.24) is 10.2 Å². The number of methoxy groups -OCH3 is 2. The zero-order chi connectivity index (χ0) is 53.3. The van der Waals surface area contributed by atoms with Gasteiger partial charge in [0.1, 0.15) is 29.3 Å². The number of ether oxygens (including phenoxy) is 5. The lowest BCUT2D eigenvalue weighted by Crippen LogP contribution is -2.51. The number of esters is 1. The minimum atomic E-state index is -1.14. The molecule has 8 rings (SSSR count). The minimum absolute atomic E-state index is 0.0941. The van der Waals surface area contributed by atoms with Gasteiger partial charge in [-0.1, -0.05) is 120 Å². The predicted molar refractivity (Wildman–Crippen MR) is 290 cm³/mol. The first-order valence-electron chi connectivity index (χ1n) is 28.4. The zero-order valence-corrected chi connectivity index (χ0v) is 46.0. The Morgan fingerprint density at radius 3 is 2.08 bits per heavy atom. The Kier molecular flexibility index (Phi) is 18.4. The normalized spacial score (nSPS) is 27.5. The highest BCUT2D eigenvalue weighted by Gasteiger charge is 2.59. The van der Waals surface area contributed by atoms with E-state index in [1.54, 1.807) is 19.1 Å². The summed E-state index contributed by atoms with van der Waals surface area (Å²) >= 11 is 0. The molecule has 0 spiro atoms. The number of carbonyl (C=O) groups is 4. The van der Waals surface area contributed by atoms with Crippen LogP contribution in [-0.4, -0.2) is 86.6 Å². The number of nitrogens with zero attached hydrogens (tertiary/aromatic N) is 1. The Morgan fingerprint density at radius 2 is 1.43 bits per heavy atom. The van der Waals surface area contributed by atoms with Gasteiger partial charge in [-0.2, -0.15) is 0 Å². The number of hydrogen-bond donors (Lipinski definition) is 2. The molecule has 1 aliphatic heterocycles. The number of carboxylic acids is 1. The van der Waals surface area contributed by atoms with Crippen LogP contribution in [0.2, 0.25) is 0 Å². The van der Waals surface area contributed by atoms with Gasteiger partial charge >= 0.3 is 18.0 Å². The Labute approximate surface area is 447 Å². The molecule has 3 saturated carbocycles. The summed E-state index contributed by atoms with van der Waals surface area (Å²) in [4.78, 5) is 53.3. The maximum atomic E-state index is 13.9. The largest absolute Gasteiger partial charge is 0.497 e. The quantitative estimate of drug-likeness (QED) is 0.0407. The van der Waals surface area contributed by atoms with E-state index in [1.807, 2.05) is 78.9 Å². The Hall–Kier alpha value is -5.36. The summed E-state index contributed by atoms with van der Waals surface area (Å²) in [6.07, 6.45) is 15.4. The van der Waals surface area contributed by atoms with Gasteiger partial charge in [0.25, 0.3) is 0 Å². The number of carbonyl (C=O) groups excluding carboxylic acids is 3. The van der Waals surface area contributed by atoms with E-state index in [0.717, 1.165) is 72.0 Å². The van der Waals surface area contributed by atoms with Crippen LogP contribution in [0.15, 0.2) is 90.5 Å². The lowest BCUT2D eigenvalue weighted by atomic mass is 9.47. The van der Waals surface area contributed by atoms with E-state index in [2.05, 4.69) is 46.0 Å². The third kappa shape index (κ3) is 12.6. The number of amides is 2. The molecule has 5 aliphatic rings. The highest BCUT2D eigenvalue weighted by molar-refractivity contribution is 5.78. The van der Waals surface area contributed by atoms with Gasteiger partial charge in [0, 0.05) is 31.8 Å². The fraction of sp³-hybridized carbons (Fsp3) is 0.619. The van der Waals surface area contributed by atoms with Crippen molar-refractivity contribution in [3.8, 4) is 11.5 Å². The van der Waals surface area contributed by atoms with E-state index in [0.29, 0.717) is 42.2 Å². The van der Waals surface area contributed by atoms with Crippen molar-refractivity contribution >= 4 is 23.9 Å². The van der Waals surface area contributed by atoms with Crippen molar-refractivity contribution in [3.63, 3.8) is 0 Å². The molecule has 10 atom stereocenters. The first-order chi connectivity index (χ1) is 36.1. The molecule has 0 radical (unpaired) electrons. The number of unbranched alkanes of at least 4 members (excludes halogenated alkanes) is 1. The van der Waals surface area contributed by atoms with E-state index < -0.39 is 35.7 Å². The van der Waals surface area contributed by atoms with Gasteiger partial charge in [0.15, 0.2) is 0 Å². The highest BCUT2D eigenvalue weighted by atomic mass is 16.6. The van der Waals surface area contributed by atoms with Gasteiger partial charge in [-0.05, 0) is 145 Å². The molecule has 0 aromatic heterocycles. The molecule has 75 heavy (non-hydrogen) atoms. The zero-order valence-electron chi connectivity index (χ0n) is 46.0. The van der Waals surface area contributed by atoms with Crippen LogP contribution in [0.1, 0.15) is 154 Å². The van der Waals surface area contributed by atoms with Gasteiger partial charge in [-0.25, -0.2) is 4.79 Å². The van der Waals surface area contributed by atoms with Crippen molar-refractivity contribution in [2.24, 2.45) is 52.3 Å². The highest BCUT2D eigenvalue weighted by Crippen LogP contribution is 2.67. The number of hydrogen-bond acceptors (Lipinski definition) is 9. The molecule has 1 heterocycles. The summed E-state index contributed by atoms with van der Waals surface area (Å²) in [6.45, 7) is 13.3. The molecule has 0 bridgehead atoms. The van der Waals surface area contributed by atoms with Gasteiger partial charge in [0.2, 0.25) is 5.91 Å². The lowest BCUT2D eigenvalue weighted by Gasteiger charge is -2.58. The standard InChI is InChI=1S/C63H86N2O10/c1-42(2)14-13-15-43(3)53-29-30-54-52-28-23-48-38-51(33-35-61(48,4)55(52)34-36-62(53,54)5)74-60(70)64-37-12-11-18-57(66)65-39-44(56(40-65)75-59(69)32-31-58(67)68)41-73-63(45-16-9-8-10-17-45,46-19-24-49(71-6)25-20-46)47-21-26-50(72-7)27-22-47/h8-10,16-17,19-27,42-44,51-56H,11-15,18,28-41H2,1-7H3,(H,64,70)(H,67,68)/t43?,44?,51?,52?,53-,54?,55?,56?,61+,62-/m1/s1.